The molecule has 0 heterocycles. The van der Waals surface area contributed by atoms with E-state index in [2.05, 4.69) is 0 Å². The number of phenolic OH excluding ortho intramolecular Hbond substituents is 1. The molecule has 17 heavy (non-hydrogen) atoms. The molecule has 0 saturated heterocycles. The summed E-state index contributed by atoms with van der Waals surface area (Å²) in [6, 6.07) is 9.35. The number of fused-ring (bicyclic) bond motifs is 1. The van der Waals surface area contributed by atoms with Gasteiger partial charge in [-0.15, -0.1) is 0 Å². The van der Waals surface area contributed by atoms with Crippen molar-refractivity contribution >= 4 is 10.8 Å². The van der Waals surface area contributed by atoms with Crippen LogP contribution in [-0.2, 0) is 0 Å². The van der Waals surface area contributed by atoms with Gasteiger partial charge in [-0.1, -0.05) is 24.3 Å². The second-order valence-corrected chi connectivity index (χ2v) is 3.63. The minimum Gasteiger partial charge on any atom is -0.504 e. The smallest absolute Gasteiger partial charge is 0.168 e. The monoisotopic (exact) mass is 232 g/mol. The molecule has 90 valence electrons. The number of hydrogen-bond donors (Lipinski definition) is 1. The van der Waals surface area contributed by atoms with Crippen LogP contribution in [0.15, 0.2) is 30.3 Å². The number of hydrogen-bond acceptors (Lipinski definition) is 3. The molecule has 2 aromatic carbocycles. The molecule has 0 saturated carbocycles. The first-order valence-corrected chi connectivity index (χ1v) is 5.78. The lowest BCUT2D eigenvalue weighted by Crippen LogP contribution is -1.96. The van der Waals surface area contributed by atoms with E-state index in [4.69, 9.17) is 9.47 Å². The van der Waals surface area contributed by atoms with Crippen LogP contribution in [0.3, 0.4) is 0 Å². The topological polar surface area (TPSA) is 38.7 Å². The second kappa shape index (κ2) is 4.95. The Bertz CT molecular complexity index is 520. The van der Waals surface area contributed by atoms with Crippen molar-refractivity contribution in [2.45, 2.75) is 13.8 Å². The maximum absolute atomic E-state index is 9.94. The van der Waals surface area contributed by atoms with E-state index in [-0.39, 0.29) is 5.75 Å². The van der Waals surface area contributed by atoms with Crippen LogP contribution >= 0.6 is 0 Å². The summed E-state index contributed by atoms with van der Waals surface area (Å²) in [5, 5.41) is 11.8. The molecule has 1 N–H and O–H groups in total. The van der Waals surface area contributed by atoms with Crippen molar-refractivity contribution in [2.24, 2.45) is 0 Å². The van der Waals surface area contributed by atoms with Gasteiger partial charge in [0.1, 0.15) is 5.75 Å². The molecule has 0 spiro atoms. The van der Waals surface area contributed by atoms with Gasteiger partial charge < -0.3 is 14.6 Å². The Labute approximate surface area is 101 Å². The largest absolute Gasteiger partial charge is 0.504 e. The fraction of sp³-hybridized carbons (Fsp3) is 0.286. The molecule has 0 radical (unpaired) electrons. The number of ether oxygens (including phenoxy) is 2. The molecule has 0 amide bonds. The Kier molecular flexibility index (Phi) is 3.38. The highest BCUT2D eigenvalue weighted by Crippen LogP contribution is 2.40. The van der Waals surface area contributed by atoms with Crippen molar-refractivity contribution < 1.29 is 14.6 Å². The van der Waals surface area contributed by atoms with Crippen molar-refractivity contribution in [2.75, 3.05) is 13.2 Å². The SMILES string of the molecule is CCOc1cc(O)c(OCC)c2ccccc12. The maximum Gasteiger partial charge on any atom is 0.168 e. The zero-order chi connectivity index (χ0) is 12.3. The van der Waals surface area contributed by atoms with E-state index >= 15 is 0 Å². The molecular weight excluding hydrogens is 216 g/mol. The molecule has 0 aliphatic heterocycles. The first kappa shape index (κ1) is 11.6. The first-order chi connectivity index (χ1) is 8.27. The molecule has 0 unspecified atom stereocenters. The van der Waals surface area contributed by atoms with Gasteiger partial charge in [0.05, 0.1) is 13.2 Å². The third kappa shape index (κ3) is 2.13. The molecule has 3 heteroatoms. The molecule has 0 bridgehead atoms. The molecule has 0 fully saturated rings. The highest BCUT2D eigenvalue weighted by Gasteiger charge is 2.12. The van der Waals surface area contributed by atoms with Gasteiger partial charge in [0.15, 0.2) is 11.5 Å². The summed E-state index contributed by atoms with van der Waals surface area (Å²) in [6.07, 6.45) is 0. The summed E-state index contributed by atoms with van der Waals surface area (Å²) in [4.78, 5) is 0. The third-order valence-electron chi connectivity index (χ3n) is 2.53. The standard InChI is InChI=1S/C14H16O3/c1-3-16-13-9-12(15)14(17-4-2)11-8-6-5-7-10(11)13/h5-9,15H,3-4H2,1-2H3. The van der Waals surface area contributed by atoms with Crippen molar-refractivity contribution in [1.82, 2.24) is 0 Å². The lowest BCUT2D eigenvalue weighted by Gasteiger charge is -2.13. The van der Waals surface area contributed by atoms with Crippen LogP contribution in [0, 0.1) is 0 Å². The van der Waals surface area contributed by atoms with Gasteiger partial charge in [-0.3, -0.25) is 0 Å². The van der Waals surface area contributed by atoms with E-state index < -0.39 is 0 Å². The van der Waals surface area contributed by atoms with Gasteiger partial charge in [0.2, 0.25) is 0 Å². The van der Waals surface area contributed by atoms with Crippen LogP contribution in [0.1, 0.15) is 13.8 Å². The van der Waals surface area contributed by atoms with Gasteiger partial charge >= 0.3 is 0 Å². The molecule has 2 aromatic rings. The van der Waals surface area contributed by atoms with Gasteiger partial charge in [-0.25, -0.2) is 0 Å². The van der Waals surface area contributed by atoms with Crippen molar-refractivity contribution in [3.63, 3.8) is 0 Å². The molecular formula is C14H16O3. The Morgan fingerprint density at radius 2 is 1.65 bits per heavy atom. The zero-order valence-corrected chi connectivity index (χ0v) is 10.1. The third-order valence-corrected chi connectivity index (χ3v) is 2.53. The average Bonchev–Trinajstić information content (AvgIpc) is 2.34. The van der Waals surface area contributed by atoms with Crippen molar-refractivity contribution in [1.29, 1.82) is 0 Å². The molecule has 0 aromatic heterocycles. The van der Waals surface area contributed by atoms with Gasteiger partial charge in [0, 0.05) is 16.8 Å². The first-order valence-electron chi connectivity index (χ1n) is 5.78. The van der Waals surface area contributed by atoms with E-state index in [0.29, 0.717) is 24.7 Å². The lowest BCUT2D eigenvalue weighted by atomic mass is 10.1. The zero-order valence-electron chi connectivity index (χ0n) is 10.1. The Hall–Kier alpha value is -1.90. The van der Waals surface area contributed by atoms with E-state index in [1.165, 1.54) is 0 Å². The van der Waals surface area contributed by atoms with Crippen LogP contribution < -0.4 is 9.47 Å². The van der Waals surface area contributed by atoms with Crippen LogP contribution in [0.5, 0.6) is 17.2 Å². The summed E-state index contributed by atoms with van der Waals surface area (Å²) >= 11 is 0. The van der Waals surface area contributed by atoms with Crippen LogP contribution in [0.2, 0.25) is 0 Å². The summed E-state index contributed by atoms with van der Waals surface area (Å²) in [6.45, 7) is 4.90. The summed E-state index contributed by atoms with van der Waals surface area (Å²) in [5.74, 6) is 1.32. The van der Waals surface area contributed by atoms with E-state index in [9.17, 15) is 5.11 Å². The highest BCUT2D eigenvalue weighted by molar-refractivity contribution is 5.95. The minimum absolute atomic E-state index is 0.119. The van der Waals surface area contributed by atoms with Crippen molar-refractivity contribution in [3.05, 3.63) is 30.3 Å². The second-order valence-electron chi connectivity index (χ2n) is 3.63. The Morgan fingerprint density at radius 1 is 1.00 bits per heavy atom. The van der Waals surface area contributed by atoms with Crippen LogP contribution in [-0.4, -0.2) is 18.3 Å². The predicted octanol–water partition coefficient (Wildman–Crippen LogP) is 3.34. The number of rotatable bonds is 4. The molecule has 0 aliphatic rings. The quantitative estimate of drug-likeness (QED) is 0.878. The number of benzene rings is 2. The number of phenols is 1. The summed E-state index contributed by atoms with van der Waals surface area (Å²) in [7, 11) is 0. The predicted molar refractivity (Wildman–Crippen MR) is 68.0 cm³/mol. The molecule has 2 rings (SSSR count). The average molecular weight is 232 g/mol. The summed E-state index contributed by atoms with van der Waals surface area (Å²) < 4.78 is 11.0. The molecule has 0 aliphatic carbocycles. The van der Waals surface area contributed by atoms with Crippen LogP contribution in [0.4, 0.5) is 0 Å². The fourth-order valence-electron chi connectivity index (χ4n) is 1.87. The minimum atomic E-state index is 0.119. The van der Waals surface area contributed by atoms with Crippen LogP contribution in [0.25, 0.3) is 10.8 Å². The van der Waals surface area contributed by atoms with Gasteiger partial charge in [-0.05, 0) is 13.8 Å². The van der Waals surface area contributed by atoms with Crippen molar-refractivity contribution in [3.8, 4) is 17.2 Å². The van der Waals surface area contributed by atoms with Gasteiger partial charge in [0.25, 0.3) is 0 Å². The van der Waals surface area contributed by atoms with E-state index in [0.717, 1.165) is 10.8 Å². The Balaban J connectivity index is 2.68. The highest BCUT2D eigenvalue weighted by atomic mass is 16.5. The molecule has 3 nitrogen and oxygen atoms in total. The molecule has 0 atom stereocenters. The Morgan fingerprint density at radius 3 is 2.29 bits per heavy atom. The summed E-state index contributed by atoms with van der Waals surface area (Å²) in [5.41, 5.74) is 0. The van der Waals surface area contributed by atoms with Gasteiger partial charge in [-0.2, -0.15) is 0 Å². The van der Waals surface area contributed by atoms with E-state index in [1.54, 1.807) is 6.07 Å². The fourth-order valence-corrected chi connectivity index (χ4v) is 1.87. The number of aromatic hydroxyl groups is 1. The van der Waals surface area contributed by atoms with E-state index in [1.807, 2.05) is 38.1 Å². The lowest BCUT2D eigenvalue weighted by molar-refractivity contribution is 0.316. The maximum atomic E-state index is 9.94. The normalized spacial score (nSPS) is 10.5.